The van der Waals surface area contributed by atoms with Crippen molar-refractivity contribution in [3.8, 4) is 0 Å². The minimum atomic E-state index is 1.02. The molecule has 1 aromatic heterocycles. The van der Waals surface area contributed by atoms with Crippen LogP contribution in [0.3, 0.4) is 0 Å². The fourth-order valence-electron chi connectivity index (χ4n) is 1.14. The van der Waals surface area contributed by atoms with Gasteiger partial charge in [0.1, 0.15) is 4.60 Å². The first-order valence-corrected chi connectivity index (χ1v) is 5.02. The third-order valence-electron chi connectivity index (χ3n) is 1.71. The zero-order valence-corrected chi connectivity index (χ0v) is 8.00. The van der Waals surface area contributed by atoms with Crippen LogP contribution in [0.25, 0.3) is 0 Å². The number of aromatic nitrogens is 2. The fraction of sp³-hybridized carbons (Fsp3) is 0.500. The number of rotatable bonds is 0. The van der Waals surface area contributed by atoms with E-state index in [0.29, 0.717) is 0 Å². The van der Waals surface area contributed by atoms with Crippen LogP contribution in [-0.2, 0) is 18.6 Å². The molecule has 2 nitrogen and oxygen atoms in total. The molecular formula is C6H7BrN2S. The van der Waals surface area contributed by atoms with Gasteiger partial charge in [-0.15, -0.1) is 0 Å². The van der Waals surface area contributed by atoms with E-state index in [-0.39, 0.29) is 0 Å². The van der Waals surface area contributed by atoms with Crippen molar-refractivity contribution < 1.29 is 0 Å². The molecule has 0 bridgehead atoms. The molecule has 0 N–H and O–H groups in total. The third-order valence-corrected chi connectivity index (χ3v) is 3.32. The molecule has 10 heavy (non-hydrogen) atoms. The number of fused-ring (bicyclic) bond motifs is 1. The van der Waals surface area contributed by atoms with Crippen molar-refractivity contribution in [2.24, 2.45) is 7.05 Å². The first-order valence-electron chi connectivity index (χ1n) is 3.07. The molecule has 1 aliphatic heterocycles. The lowest BCUT2D eigenvalue weighted by Gasteiger charge is -1.91. The lowest BCUT2D eigenvalue weighted by atomic mass is 10.3. The Morgan fingerprint density at radius 3 is 3.10 bits per heavy atom. The van der Waals surface area contributed by atoms with E-state index in [4.69, 9.17) is 0 Å². The maximum absolute atomic E-state index is 4.25. The summed E-state index contributed by atoms with van der Waals surface area (Å²) in [5.74, 6) is 2.23. The summed E-state index contributed by atoms with van der Waals surface area (Å²) < 4.78 is 2.98. The predicted octanol–water partition coefficient (Wildman–Crippen LogP) is 1.93. The van der Waals surface area contributed by atoms with E-state index >= 15 is 0 Å². The van der Waals surface area contributed by atoms with Crippen molar-refractivity contribution in [3.05, 3.63) is 15.9 Å². The molecule has 0 aromatic carbocycles. The van der Waals surface area contributed by atoms with Crippen LogP contribution in [0.15, 0.2) is 4.60 Å². The van der Waals surface area contributed by atoms with Gasteiger partial charge in [0.2, 0.25) is 0 Å². The summed E-state index contributed by atoms with van der Waals surface area (Å²) in [6.07, 6.45) is 0. The van der Waals surface area contributed by atoms with E-state index < -0.39 is 0 Å². The van der Waals surface area contributed by atoms with Crippen LogP contribution in [0.4, 0.5) is 0 Å². The van der Waals surface area contributed by atoms with Gasteiger partial charge in [-0.2, -0.15) is 16.9 Å². The molecular weight excluding hydrogens is 212 g/mol. The van der Waals surface area contributed by atoms with Crippen LogP contribution < -0.4 is 0 Å². The molecule has 0 atom stereocenters. The Bertz CT molecular complexity index is 244. The summed E-state index contributed by atoms with van der Waals surface area (Å²) in [4.78, 5) is 0. The number of thioether (sulfide) groups is 1. The van der Waals surface area contributed by atoms with Gasteiger partial charge < -0.3 is 0 Å². The van der Waals surface area contributed by atoms with Crippen molar-refractivity contribution >= 4 is 27.7 Å². The lowest BCUT2D eigenvalue weighted by Crippen LogP contribution is -1.94. The highest BCUT2D eigenvalue weighted by atomic mass is 79.9. The van der Waals surface area contributed by atoms with Gasteiger partial charge in [-0.1, -0.05) is 0 Å². The molecule has 54 valence electrons. The van der Waals surface area contributed by atoms with Crippen molar-refractivity contribution in [1.82, 2.24) is 9.78 Å². The third kappa shape index (κ3) is 0.820. The maximum atomic E-state index is 4.25. The molecule has 0 amide bonds. The van der Waals surface area contributed by atoms with Crippen molar-refractivity contribution in [1.29, 1.82) is 0 Å². The Labute approximate surface area is 72.1 Å². The second-order valence-corrected chi connectivity index (χ2v) is 4.07. The summed E-state index contributed by atoms with van der Waals surface area (Å²) in [7, 11) is 2.00. The standard InChI is InChI=1S/C6H7BrN2S/c1-9-5-3-10-2-4(5)6(7)8-9/h2-3H2,1H3. The lowest BCUT2D eigenvalue weighted by molar-refractivity contribution is 0.731. The molecule has 2 heterocycles. The largest absolute Gasteiger partial charge is 0.270 e. The second-order valence-electron chi connectivity index (χ2n) is 2.33. The van der Waals surface area contributed by atoms with Gasteiger partial charge in [0.25, 0.3) is 0 Å². The summed E-state index contributed by atoms with van der Waals surface area (Å²) in [5.41, 5.74) is 2.75. The molecule has 0 aliphatic carbocycles. The predicted molar refractivity (Wildman–Crippen MR) is 45.9 cm³/mol. The molecule has 1 aromatic rings. The Morgan fingerprint density at radius 2 is 2.40 bits per heavy atom. The number of hydrogen-bond acceptors (Lipinski definition) is 2. The SMILES string of the molecule is Cn1nc(Br)c2c1CSC2. The molecule has 0 spiro atoms. The van der Waals surface area contributed by atoms with Gasteiger partial charge in [-0.3, -0.25) is 4.68 Å². The van der Waals surface area contributed by atoms with Gasteiger partial charge in [0, 0.05) is 24.1 Å². The number of halogens is 1. The molecule has 0 radical (unpaired) electrons. The molecule has 0 saturated carbocycles. The molecule has 0 fully saturated rings. The van der Waals surface area contributed by atoms with Crippen LogP contribution in [0, 0.1) is 0 Å². The normalized spacial score (nSPS) is 15.8. The van der Waals surface area contributed by atoms with E-state index in [1.165, 1.54) is 11.3 Å². The molecule has 0 saturated heterocycles. The topological polar surface area (TPSA) is 17.8 Å². The minimum Gasteiger partial charge on any atom is -0.270 e. The maximum Gasteiger partial charge on any atom is 0.132 e. The van der Waals surface area contributed by atoms with E-state index in [1.807, 2.05) is 23.5 Å². The molecule has 0 unspecified atom stereocenters. The van der Waals surface area contributed by atoms with E-state index in [0.717, 1.165) is 16.1 Å². The molecule has 4 heteroatoms. The monoisotopic (exact) mass is 218 g/mol. The summed E-state index contributed by atoms with van der Waals surface area (Å²) in [6.45, 7) is 0. The number of aryl methyl sites for hydroxylation is 1. The Morgan fingerprint density at radius 1 is 1.60 bits per heavy atom. The zero-order valence-electron chi connectivity index (χ0n) is 5.59. The Balaban J connectivity index is 2.61. The van der Waals surface area contributed by atoms with Crippen LogP contribution in [0.1, 0.15) is 11.3 Å². The van der Waals surface area contributed by atoms with Crippen LogP contribution in [0.2, 0.25) is 0 Å². The van der Waals surface area contributed by atoms with Gasteiger partial charge in [-0.05, 0) is 15.9 Å². The zero-order chi connectivity index (χ0) is 7.14. The molecule has 1 aliphatic rings. The van der Waals surface area contributed by atoms with Gasteiger partial charge in [-0.25, -0.2) is 0 Å². The smallest absolute Gasteiger partial charge is 0.132 e. The summed E-state index contributed by atoms with van der Waals surface area (Å²) in [6, 6.07) is 0. The average molecular weight is 219 g/mol. The van der Waals surface area contributed by atoms with E-state index in [1.54, 1.807) is 0 Å². The Hall–Kier alpha value is 0.0400. The van der Waals surface area contributed by atoms with Gasteiger partial charge in [0.15, 0.2) is 0 Å². The first-order chi connectivity index (χ1) is 4.79. The summed E-state index contributed by atoms with van der Waals surface area (Å²) in [5, 5.41) is 4.25. The van der Waals surface area contributed by atoms with Crippen LogP contribution in [-0.4, -0.2) is 9.78 Å². The van der Waals surface area contributed by atoms with Crippen LogP contribution in [0.5, 0.6) is 0 Å². The summed E-state index contributed by atoms with van der Waals surface area (Å²) >= 11 is 5.37. The van der Waals surface area contributed by atoms with E-state index in [9.17, 15) is 0 Å². The fourth-order valence-corrected chi connectivity index (χ4v) is 3.10. The van der Waals surface area contributed by atoms with Crippen LogP contribution >= 0.6 is 27.7 Å². The van der Waals surface area contributed by atoms with Gasteiger partial charge in [0.05, 0.1) is 5.69 Å². The Kier molecular flexibility index (Phi) is 1.53. The average Bonchev–Trinajstić information content (AvgIpc) is 2.39. The van der Waals surface area contributed by atoms with Crippen molar-refractivity contribution in [2.75, 3.05) is 0 Å². The highest BCUT2D eigenvalue weighted by Gasteiger charge is 2.19. The number of nitrogens with zero attached hydrogens (tertiary/aromatic N) is 2. The number of hydrogen-bond donors (Lipinski definition) is 0. The first kappa shape index (κ1) is 6.73. The van der Waals surface area contributed by atoms with E-state index in [2.05, 4.69) is 21.0 Å². The highest BCUT2D eigenvalue weighted by molar-refractivity contribution is 9.10. The van der Waals surface area contributed by atoms with Gasteiger partial charge >= 0.3 is 0 Å². The minimum absolute atomic E-state index is 1.02. The quantitative estimate of drug-likeness (QED) is 0.663. The van der Waals surface area contributed by atoms with Crippen molar-refractivity contribution in [2.45, 2.75) is 11.5 Å². The van der Waals surface area contributed by atoms with Crippen molar-refractivity contribution in [3.63, 3.8) is 0 Å². The second kappa shape index (κ2) is 2.27. The molecule has 2 rings (SSSR count). The highest BCUT2D eigenvalue weighted by Crippen LogP contribution is 2.33.